The molecule has 3 aliphatic heterocycles. The highest BCUT2D eigenvalue weighted by Crippen LogP contribution is 2.40. The number of phenols is 1. The summed E-state index contributed by atoms with van der Waals surface area (Å²) in [6.07, 6.45) is 2.40. The number of rotatable bonds is 3. The van der Waals surface area contributed by atoms with Crippen molar-refractivity contribution in [1.29, 1.82) is 0 Å². The van der Waals surface area contributed by atoms with Gasteiger partial charge in [0, 0.05) is 50.6 Å². The van der Waals surface area contributed by atoms with Crippen LogP contribution in [-0.2, 0) is 16.0 Å². The summed E-state index contributed by atoms with van der Waals surface area (Å²) in [5.41, 5.74) is 1.96. The molecule has 0 unspecified atom stereocenters. The number of hydrogen-bond donors (Lipinski definition) is 2. The number of carbonyl (C=O) groups is 2. The molecule has 2 amide bonds. The molecule has 9 nitrogen and oxygen atoms in total. The molecule has 3 aliphatic rings. The fraction of sp³-hybridized carbons (Fsp3) is 0.500. The van der Waals surface area contributed by atoms with Crippen LogP contribution in [0.15, 0.2) is 36.4 Å². The first-order valence-electron chi connectivity index (χ1n) is 13.1. The van der Waals surface area contributed by atoms with Crippen LogP contribution in [0.4, 0.5) is 4.79 Å². The summed E-state index contributed by atoms with van der Waals surface area (Å²) in [6, 6.07) is 11.3. The summed E-state index contributed by atoms with van der Waals surface area (Å²) >= 11 is 0. The number of piperidine rings is 1. The van der Waals surface area contributed by atoms with Gasteiger partial charge in [-0.05, 0) is 61.6 Å². The van der Waals surface area contributed by atoms with Crippen molar-refractivity contribution < 1.29 is 28.9 Å². The molecule has 9 heteroatoms. The number of methoxy groups -OCH3 is 1. The first kappa shape index (κ1) is 25.2. The molecular weight excluding hydrogens is 474 g/mol. The lowest BCUT2D eigenvalue weighted by Gasteiger charge is -2.36. The number of ether oxygens (including phenoxy) is 3. The smallest absolute Gasteiger partial charge is 0.409 e. The standard InChI is InChI=1S/C28H35N3O6/c1-3-36-28(34)30-12-10-20(11-13-30)31-16-21-19-6-8-24(35-2)26(15-19)37-25-14-18(4-7-23(25)32)5-9-27(33)29-22(21)17-31/h4,6-8,14-15,20-22,32H,3,5,9-13,16-17H2,1-2H3,(H,29,33)/t21-,22+/m0/s1. The van der Waals surface area contributed by atoms with Gasteiger partial charge in [0.1, 0.15) is 0 Å². The lowest BCUT2D eigenvalue weighted by molar-refractivity contribution is -0.121. The highest BCUT2D eigenvalue weighted by molar-refractivity contribution is 5.77. The maximum Gasteiger partial charge on any atom is 0.409 e. The monoisotopic (exact) mass is 509 g/mol. The Balaban J connectivity index is 1.40. The maximum absolute atomic E-state index is 13.0. The Labute approximate surface area is 217 Å². The van der Waals surface area contributed by atoms with Crippen molar-refractivity contribution >= 4 is 12.0 Å². The lowest BCUT2D eigenvalue weighted by Crippen LogP contribution is -2.47. The highest BCUT2D eigenvalue weighted by Gasteiger charge is 2.39. The molecule has 5 rings (SSSR count). The lowest BCUT2D eigenvalue weighted by atomic mass is 9.93. The zero-order valence-electron chi connectivity index (χ0n) is 21.4. The Morgan fingerprint density at radius 1 is 1.11 bits per heavy atom. The van der Waals surface area contributed by atoms with Crippen LogP contribution in [0, 0.1) is 0 Å². The molecule has 2 fully saturated rings. The average Bonchev–Trinajstić information content (AvgIpc) is 3.32. The summed E-state index contributed by atoms with van der Waals surface area (Å²) in [6.45, 7) is 5.08. The molecule has 2 aromatic carbocycles. The average molecular weight is 510 g/mol. The van der Waals surface area contributed by atoms with Gasteiger partial charge in [-0.1, -0.05) is 12.1 Å². The number of likely N-dealkylation sites (tertiary alicyclic amines) is 2. The Morgan fingerprint density at radius 2 is 1.92 bits per heavy atom. The number of nitrogens with zero attached hydrogens (tertiary/aromatic N) is 2. The molecule has 2 N–H and O–H groups in total. The number of benzene rings is 2. The summed E-state index contributed by atoms with van der Waals surface area (Å²) in [4.78, 5) is 29.3. The van der Waals surface area contributed by atoms with E-state index in [1.807, 2.05) is 31.2 Å². The number of carbonyl (C=O) groups excluding carboxylic acids is 2. The first-order chi connectivity index (χ1) is 17.9. The maximum atomic E-state index is 13.0. The molecule has 3 heterocycles. The van der Waals surface area contributed by atoms with E-state index in [1.165, 1.54) is 0 Å². The van der Waals surface area contributed by atoms with Crippen molar-refractivity contribution in [2.75, 3.05) is 39.9 Å². The van der Waals surface area contributed by atoms with Crippen molar-refractivity contribution in [1.82, 2.24) is 15.1 Å². The van der Waals surface area contributed by atoms with E-state index in [2.05, 4.69) is 10.2 Å². The number of fused-ring (bicyclic) bond motifs is 6. The van der Waals surface area contributed by atoms with E-state index in [-0.39, 0.29) is 29.7 Å². The Morgan fingerprint density at radius 3 is 2.68 bits per heavy atom. The second-order valence-corrected chi connectivity index (χ2v) is 9.97. The van der Waals surface area contributed by atoms with Crippen LogP contribution >= 0.6 is 0 Å². The van der Waals surface area contributed by atoms with Crippen molar-refractivity contribution in [3.05, 3.63) is 47.5 Å². The van der Waals surface area contributed by atoms with E-state index >= 15 is 0 Å². The predicted molar refractivity (Wildman–Crippen MR) is 137 cm³/mol. The van der Waals surface area contributed by atoms with Crippen molar-refractivity contribution in [3.63, 3.8) is 0 Å². The molecule has 2 saturated heterocycles. The van der Waals surface area contributed by atoms with Crippen molar-refractivity contribution in [2.24, 2.45) is 0 Å². The van der Waals surface area contributed by atoms with Crippen LogP contribution in [0.25, 0.3) is 0 Å². The SMILES string of the molecule is CCOC(=O)N1CCC(N2C[C@H]3NC(=O)CCc4ccc(O)c(c4)Oc4cc(ccc4OC)[C@@H]3C2)CC1. The summed E-state index contributed by atoms with van der Waals surface area (Å²) in [5.74, 6) is 1.55. The highest BCUT2D eigenvalue weighted by atomic mass is 16.6. The molecule has 0 radical (unpaired) electrons. The van der Waals surface area contributed by atoms with Gasteiger partial charge < -0.3 is 29.5 Å². The van der Waals surface area contributed by atoms with E-state index in [9.17, 15) is 14.7 Å². The van der Waals surface area contributed by atoms with Gasteiger partial charge in [0.2, 0.25) is 5.91 Å². The molecule has 4 bridgehead atoms. The summed E-state index contributed by atoms with van der Waals surface area (Å²) in [7, 11) is 1.59. The fourth-order valence-electron chi connectivity index (χ4n) is 5.70. The number of hydrogen-bond acceptors (Lipinski definition) is 7. The van der Waals surface area contributed by atoms with Crippen LogP contribution in [-0.4, -0.2) is 78.9 Å². The Kier molecular flexibility index (Phi) is 7.41. The number of aromatic hydroxyl groups is 1. The van der Waals surface area contributed by atoms with Gasteiger partial charge in [-0.15, -0.1) is 0 Å². The molecule has 0 aromatic heterocycles. The topological polar surface area (TPSA) is 101 Å². The van der Waals surface area contributed by atoms with Gasteiger partial charge in [0.25, 0.3) is 0 Å². The second kappa shape index (κ2) is 10.9. The fourth-order valence-corrected chi connectivity index (χ4v) is 5.70. The number of aryl methyl sites for hydroxylation is 1. The van der Waals surface area contributed by atoms with E-state index in [4.69, 9.17) is 14.2 Å². The zero-order valence-corrected chi connectivity index (χ0v) is 21.4. The molecule has 0 saturated carbocycles. The predicted octanol–water partition coefficient (Wildman–Crippen LogP) is 3.64. The van der Waals surface area contributed by atoms with Gasteiger partial charge in [0.05, 0.1) is 13.7 Å². The van der Waals surface area contributed by atoms with Crippen molar-refractivity contribution in [3.8, 4) is 23.0 Å². The summed E-state index contributed by atoms with van der Waals surface area (Å²) < 4.78 is 16.9. The molecule has 2 aromatic rings. The van der Waals surface area contributed by atoms with Gasteiger partial charge >= 0.3 is 6.09 Å². The van der Waals surface area contributed by atoms with Gasteiger partial charge in [-0.2, -0.15) is 0 Å². The van der Waals surface area contributed by atoms with Crippen LogP contribution < -0.4 is 14.8 Å². The van der Waals surface area contributed by atoms with E-state index in [1.54, 1.807) is 24.1 Å². The minimum Gasteiger partial charge on any atom is -0.504 e. The third-order valence-corrected chi connectivity index (χ3v) is 7.70. The normalized spacial score (nSPS) is 22.5. The van der Waals surface area contributed by atoms with Gasteiger partial charge in [0.15, 0.2) is 23.0 Å². The van der Waals surface area contributed by atoms with E-state index < -0.39 is 0 Å². The molecule has 2 atom stereocenters. The Hall–Kier alpha value is -3.46. The minimum absolute atomic E-state index is 0.0116. The molecule has 0 spiro atoms. The summed E-state index contributed by atoms with van der Waals surface area (Å²) in [5, 5.41) is 13.7. The quantitative estimate of drug-likeness (QED) is 0.652. The largest absolute Gasteiger partial charge is 0.504 e. The zero-order chi connectivity index (χ0) is 25.9. The van der Waals surface area contributed by atoms with Gasteiger partial charge in [-0.3, -0.25) is 9.69 Å². The molecular formula is C28H35N3O6. The van der Waals surface area contributed by atoms with E-state index in [0.717, 1.165) is 37.1 Å². The molecule has 198 valence electrons. The Bertz CT molecular complexity index is 1150. The van der Waals surface area contributed by atoms with Crippen LogP contribution in [0.5, 0.6) is 23.0 Å². The van der Waals surface area contributed by atoms with Crippen LogP contribution in [0.3, 0.4) is 0 Å². The van der Waals surface area contributed by atoms with Crippen LogP contribution in [0.2, 0.25) is 0 Å². The van der Waals surface area contributed by atoms with Crippen LogP contribution in [0.1, 0.15) is 43.2 Å². The molecule has 37 heavy (non-hydrogen) atoms. The number of phenolic OH excluding ortho intramolecular Hbond substituents is 1. The first-order valence-corrected chi connectivity index (χ1v) is 13.1. The third-order valence-electron chi connectivity index (χ3n) is 7.70. The van der Waals surface area contributed by atoms with Crippen molar-refractivity contribution in [2.45, 2.75) is 50.6 Å². The number of amides is 2. The number of nitrogens with one attached hydrogen (secondary N) is 1. The van der Waals surface area contributed by atoms with E-state index in [0.29, 0.717) is 55.8 Å². The molecule has 0 aliphatic carbocycles. The third kappa shape index (κ3) is 5.46. The minimum atomic E-state index is -0.242. The van der Waals surface area contributed by atoms with Gasteiger partial charge in [-0.25, -0.2) is 4.79 Å². The second-order valence-electron chi connectivity index (χ2n) is 9.97.